The van der Waals surface area contributed by atoms with Crippen molar-refractivity contribution in [3.05, 3.63) is 27.0 Å². The van der Waals surface area contributed by atoms with Gasteiger partial charge in [0.05, 0.1) is 19.6 Å². The number of H-pyrrole nitrogens is 2. The van der Waals surface area contributed by atoms with Gasteiger partial charge in [-0.25, -0.2) is 13.9 Å². The molecule has 0 spiro atoms. The van der Waals surface area contributed by atoms with Crippen LogP contribution in [-0.2, 0) is 39.2 Å². The SMILES string of the molecule is CN1CN([C@@H]2O[C@H](COP(=O)(O)OP(O)(=S)O[C@H]3[C@@H](O)[C@H](n4cnc5c(=O)[nH]c(N)nc54)O[C@@H]3C=S)[C@@H](O)[C@H]2O)c2nc(N)[nH]c(=O)c21. The molecule has 27 heteroatoms. The minimum absolute atomic E-state index is 0.00350. The summed E-state index contributed by atoms with van der Waals surface area (Å²) in [5.74, 6) is -0.381. The van der Waals surface area contributed by atoms with Crippen molar-refractivity contribution in [3.8, 4) is 0 Å². The average Bonchev–Trinajstić information content (AvgIpc) is 3.71. The molecule has 6 rings (SSSR count). The first kappa shape index (κ1) is 34.8. The lowest BCUT2D eigenvalue weighted by atomic mass is 10.1. The molecule has 262 valence electrons. The number of aliphatic hydroxyl groups is 3. The molecular weight excluding hydrogens is 726 g/mol. The number of anilines is 4. The van der Waals surface area contributed by atoms with E-state index in [1.807, 2.05) is 0 Å². The van der Waals surface area contributed by atoms with Crippen molar-refractivity contribution < 1.29 is 52.5 Å². The van der Waals surface area contributed by atoms with E-state index in [1.165, 1.54) is 14.4 Å². The third kappa shape index (κ3) is 6.38. The molecule has 3 aromatic heterocycles. The van der Waals surface area contributed by atoms with Crippen molar-refractivity contribution in [2.75, 3.05) is 41.6 Å². The number of aromatic nitrogens is 6. The van der Waals surface area contributed by atoms with Crippen LogP contribution in [0.3, 0.4) is 0 Å². The Morgan fingerprint density at radius 2 is 1.77 bits per heavy atom. The molecule has 10 atom stereocenters. The number of imidazole rings is 1. The first-order valence-corrected chi connectivity index (χ1v) is 18.2. The van der Waals surface area contributed by atoms with Crippen LogP contribution in [0.15, 0.2) is 15.9 Å². The number of fused-ring (bicyclic) bond motifs is 2. The number of nitrogens with zero attached hydrogens (tertiary/aromatic N) is 6. The maximum atomic E-state index is 12.8. The normalized spacial score (nSPS) is 31.2. The molecule has 0 aliphatic carbocycles. The second-order valence-corrected chi connectivity index (χ2v) is 15.4. The lowest BCUT2D eigenvalue weighted by Crippen LogP contribution is -2.45. The maximum absolute atomic E-state index is 12.8. The highest BCUT2D eigenvalue weighted by atomic mass is 32.5. The van der Waals surface area contributed by atoms with Gasteiger partial charge in [0.2, 0.25) is 11.9 Å². The Morgan fingerprint density at radius 3 is 2.48 bits per heavy atom. The van der Waals surface area contributed by atoms with Gasteiger partial charge in [-0.3, -0.25) is 33.2 Å². The first-order valence-electron chi connectivity index (χ1n) is 13.6. The van der Waals surface area contributed by atoms with Gasteiger partial charge >= 0.3 is 14.5 Å². The van der Waals surface area contributed by atoms with Crippen LogP contribution in [0, 0.1) is 0 Å². The molecular formula is C21H28N10O13P2S2. The highest BCUT2D eigenvalue weighted by molar-refractivity contribution is 8.08. The molecule has 3 aliphatic rings. The Hall–Kier alpha value is -3.00. The average molecular weight is 755 g/mol. The monoisotopic (exact) mass is 754 g/mol. The number of phosphoric ester groups is 1. The Balaban J connectivity index is 1.11. The number of rotatable bonds is 10. The van der Waals surface area contributed by atoms with Gasteiger partial charge in [-0.1, -0.05) is 12.2 Å². The smallest absolute Gasteiger partial charge is 0.387 e. The van der Waals surface area contributed by atoms with Crippen LogP contribution in [0.2, 0.25) is 0 Å². The van der Waals surface area contributed by atoms with Gasteiger partial charge in [0, 0.05) is 12.4 Å². The Bertz CT molecular complexity index is 1960. The quantitative estimate of drug-likeness (QED) is 0.0724. The number of nitrogens with two attached hydrogens (primary N) is 2. The largest absolute Gasteiger partial charge is 0.479 e. The number of thiocarbonyl (C=S) groups is 1. The third-order valence-corrected chi connectivity index (χ3v) is 11.3. The molecule has 3 aliphatic heterocycles. The fraction of sp³-hybridized carbons (Fsp3) is 0.524. The number of phosphoric acid groups is 1. The van der Waals surface area contributed by atoms with Crippen LogP contribution in [0.25, 0.3) is 11.2 Å². The lowest BCUT2D eigenvalue weighted by Gasteiger charge is -2.27. The van der Waals surface area contributed by atoms with Crippen molar-refractivity contribution in [1.82, 2.24) is 29.5 Å². The van der Waals surface area contributed by atoms with Gasteiger partial charge in [-0.15, -0.1) is 0 Å². The van der Waals surface area contributed by atoms with Crippen molar-refractivity contribution in [2.45, 2.75) is 49.1 Å². The Labute approximate surface area is 277 Å². The van der Waals surface area contributed by atoms with Gasteiger partial charge in [-0.05, 0) is 11.8 Å². The first-order chi connectivity index (χ1) is 22.5. The number of aromatic amines is 2. The summed E-state index contributed by atoms with van der Waals surface area (Å²) >= 11 is 9.86. The number of hydrogen-bond donors (Lipinski definition) is 9. The van der Waals surface area contributed by atoms with Gasteiger partial charge in [-0.2, -0.15) is 9.97 Å². The summed E-state index contributed by atoms with van der Waals surface area (Å²) in [4.78, 5) is 65.1. The standard InChI is InChI=1S/C21H28N10O13P2S2/c1-29-5-31(15-9(29)17(36)28-21(23)26-15)18-11(33)10(32)6(41-18)2-40-45(37,38)44-46(39,48)43-13-7(3-47)42-19(12(13)34)30-4-24-8-14(30)25-20(22)27-16(8)35/h3-4,6-7,10-13,18-19,32-34H,2,5H2,1H3,(H,37,38)(H,39,48)(H3,22,25,27,35)(H3,23,26,28,36)/t6-,7-,10-,11-,12-,13-,18-,19-,46?/m1/s1. The molecule has 2 fully saturated rings. The Kier molecular flexibility index (Phi) is 9.23. The fourth-order valence-electron chi connectivity index (χ4n) is 5.47. The molecule has 11 N–H and O–H groups in total. The number of ether oxygens (including phenoxy) is 2. The predicted molar refractivity (Wildman–Crippen MR) is 170 cm³/mol. The van der Waals surface area contributed by atoms with Crippen LogP contribution in [0.4, 0.5) is 23.4 Å². The molecule has 23 nitrogen and oxygen atoms in total. The minimum atomic E-state index is -5.28. The summed E-state index contributed by atoms with van der Waals surface area (Å²) in [6, 6.07) is 0. The van der Waals surface area contributed by atoms with Crippen LogP contribution >= 0.6 is 26.8 Å². The second-order valence-electron chi connectivity index (χ2n) is 10.8. The summed E-state index contributed by atoms with van der Waals surface area (Å²) in [6.07, 6.45) is -10.7. The zero-order valence-electron chi connectivity index (χ0n) is 24.2. The van der Waals surface area contributed by atoms with Gasteiger partial charge in [0.25, 0.3) is 11.1 Å². The molecule has 0 aromatic carbocycles. The molecule has 0 radical (unpaired) electrons. The zero-order valence-corrected chi connectivity index (χ0v) is 27.7. The number of hydrogen-bond acceptors (Lipinski definition) is 20. The molecule has 48 heavy (non-hydrogen) atoms. The van der Waals surface area contributed by atoms with E-state index >= 15 is 0 Å². The number of nitrogen functional groups attached to an aromatic ring is 2. The summed E-state index contributed by atoms with van der Waals surface area (Å²) in [5.41, 5.74) is 10.0. The topological polar surface area (TPSA) is 332 Å². The van der Waals surface area contributed by atoms with Crippen LogP contribution in [0.5, 0.6) is 0 Å². The summed E-state index contributed by atoms with van der Waals surface area (Å²) < 4.78 is 40.4. The molecule has 0 saturated carbocycles. The van der Waals surface area contributed by atoms with Crippen molar-refractivity contribution in [1.29, 1.82) is 0 Å². The van der Waals surface area contributed by atoms with E-state index in [4.69, 9.17) is 58.3 Å². The molecule has 3 aromatic rings. The number of nitrogens with one attached hydrogen (secondary N) is 2. The van der Waals surface area contributed by atoms with Crippen LogP contribution < -0.4 is 32.4 Å². The molecule has 2 saturated heterocycles. The van der Waals surface area contributed by atoms with Crippen LogP contribution in [-0.4, -0.2) is 123 Å². The van der Waals surface area contributed by atoms with Crippen LogP contribution in [0.1, 0.15) is 6.23 Å². The third-order valence-electron chi connectivity index (χ3n) is 7.53. The van der Waals surface area contributed by atoms with E-state index in [0.29, 0.717) is 0 Å². The lowest BCUT2D eigenvalue weighted by molar-refractivity contribution is -0.0229. The van der Waals surface area contributed by atoms with E-state index in [2.05, 4.69) is 24.9 Å². The van der Waals surface area contributed by atoms with E-state index in [-0.39, 0.29) is 41.2 Å². The zero-order chi connectivity index (χ0) is 34.9. The molecule has 0 amide bonds. The highest BCUT2D eigenvalue weighted by Crippen LogP contribution is 2.62. The second kappa shape index (κ2) is 12.7. The van der Waals surface area contributed by atoms with Crippen molar-refractivity contribution in [3.63, 3.8) is 0 Å². The van der Waals surface area contributed by atoms with Gasteiger partial charge < -0.3 is 55.8 Å². The molecule has 2 unspecified atom stereocenters. The molecule has 0 bridgehead atoms. The predicted octanol–water partition coefficient (Wildman–Crippen LogP) is -3.28. The van der Waals surface area contributed by atoms with E-state index in [0.717, 1.165) is 11.7 Å². The van der Waals surface area contributed by atoms with Crippen molar-refractivity contribution >= 4 is 78.5 Å². The summed E-state index contributed by atoms with van der Waals surface area (Å²) in [7, 11) is -3.70. The fourth-order valence-corrected chi connectivity index (χ4v) is 9.02. The van der Waals surface area contributed by atoms with E-state index in [9.17, 15) is 39.3 Å². The summed E-state index contributed by atoms with van der Waals surface area (Å²) in [6.45, 7) is -5.59. The van der Waals surface area contributed by atoms with Gasteiger partial charge in [0.1, 0.15) is 42.3 Å². The number of aliphatic hydroxyl groups excluding tert-OH is 3. The van der Waals surface area contributed by atoms with E-state index < -0.39 is 81.3 Å². The summed E-state index contributed by atoms with van der Waals surface area (Å²) in [5, 5.41) is 33.4. The highest BCUT2D eigenvalue weighted by Gasteiger charge is 2.51. The maximum Gasteiger partial charge on any atom is 0.479 e. The van der Waals surface area contributed by atoms with Gasteiger partial charge in [0.15, 0.2) is 29.4 Å². The van der Waals surface area contributed by atoms with E-state index in [1.54, 1.807) is 7.05 Å². The minimum Gasteiger partial charge on any atom is -0.387 e. The van der Waals surface area contributed by atoms with Crippen molar-refractivity contribution in [2.24, 2.45) is 0 Å². The molecule has 6 heterocycles. The Morgan fingerprint density at radius 1 is 1.08 bits per heavy atom.